The van der Waals surface area contributed by atoms with Crippen molar-refractivity contribution in [3.05, 3.63) is 48.0 Å². The average Bonchev–Trinajstić information content (AvgIpc) is 2.29. The van der Waals surface area contributed by atoms with Crippen LogP contribution in [0.5, 0.6) is 11.8 Å². The van der Waals surface area contributed by atoms with E-state index in [2.05, 4.69) is 9.97 Å². The van der Waals surface area contributed by atoms with Gasteiger partial charge >= 0.3 is 6.01 Å². The average molecular weight is 249 g/mol. The van der Waals surface area contributed by atoms with Crippen molar-refractivity contribution in [1.29, 1.82) is 0 Å². The number of nitrogens with zero attached hydrogens (tertiary/aromatic N) is 2. The normalized spacial score (nSPS) is 9.94. The highest BCUT2D eigenvalue weighted by Gasteiger charge is 2.04. The topological polar surface area (TPSA) is 61.0 Å². The van der Waals surface area contributed by atoms with Crippen LogP contribution in [0.15, 0.2) is 36.5 Å². The lowest BCUT2D eigenvalue weighted by Crippen LogP contribution is -2.12. The van der Waals surface area contributed by atoms with E-state index in [1.54, 1.807) is 12.1 Å². The molecule has 0 unspecified atom stereocenters. The molecule has 0 bridgehead atoms. The van der Waals surface area contributed by atoms with Crippen LogP contribution in [0.2, 0.25) is 0 Å². The van der Waals surface area contributed by atoms with Gasteiger partial charge in [0.1, 0.15) is 22.2 Å². The standard InChI is InChI=1S/C11H8FN3OS/c12-7-2-1-3-8(6-7)16-11-14-5-4-9(15-11)10(13)17/h1-6H,(H2,13,17). The molecule has 0 aliphatic carbocycles. The molecule has 86 valence electrons. The van der Waals surface area contributed by atoms with Gasteiger partial charge in [0.25, 0.3) is 0 Å². The first-order valence-corrected chi connectivity index (χ1v) is 5.12. The number of halogens is 1. The fraction of sp³-hybridized carbons (Fsp3) is 0. The number of benzene rings is 1. The Bertz CT molecular complexity index is 562. The largest absolute Gasteiger partial charge is 0.424 e. The zero-order valence-corrected chi connectivity index (χ0v) is 9.45. The van der Waals surface area contributed by atoms with Gasteiger partial charge in [0.15, 0.2) is 0 Å². The molecular formula is C11H8FN3OS. The highest BCUT2D eigenvalue weighted by Crippen LogP contribution is 2.18. The van der Waals surface area contributed by atoms with Crippen molar-refractivity contribution in [2.24, 2.45) is 5.73 Å². The summed E-state index contributed by atoms with van der Waals surface area (Å²) in [5.74, 6) is -0.0851. The van der Waals surface area contributed by atoms with E-state index in [9.17, 15) is 4.39 Å². The predicted molar refractivity (Wildman–Crippen MR) is 64.4 cm³/mol. The highest BCUT2D eigenvalue weighted by atomic mass is 32.1. The van der Waals surface area contributed by atoms with Crippen molar-refractivity contribution in [2.75, 3.05) is 0 Å². The molecule has 0 saturated carbocycles. The van der Waals surface area contributed by atoms with Crippen LogP contribution >= 0.6 is 12.2 Å². The van der Waals surface area contributed by atoms with Crippen molar-refractivity contribution < 1.29 is 9.13 Å². The van der Waals surface area contributed by atoms with Crippen LogP contribution in [-0.4, -0.2) is 15.0 Å². The molecule has 1 aromatic heterocycles. The summed E-state index contributed by atoms with van der Waals surface area (Å²) in [4.78, 5) is 8.00. The zero-order chi connectivity index (χ0) is 12.3. The number of rotatable bonds is 3. The maximum Gasteiger partial charge on any atom is 0.322 e. The first-order valence-electron chi connectivity index (χ1n) is 4.71. The Morgan fingerprint density at radius 2 is 2.18 bits per heavy atom. The Kier molecular flexibility index (Phi) is 3.24. The van der Waals surface area contributed by atoms with Crippen molar-refractivity contribution in [1.82, 2.24) is 9.97 Å². The smallest absolute Gasteiger partial charge is 0.322 e. The van der Waals surface area contributed by atoms with Gasteiger partial charge in [-0.15, -0.1) is 0 Å². The van der Waals surface area contributed by atoms with Crippen LogP contribution in [0, 0.1) is 5.82 Å². The SMILES string of the molecule is NC(=S)c1ccnc(Oc2cccc(F)c2)n1. The minimum Gasteiger partial charge on any atom is -0.424 e. The molecule has 0 fully saturated rings. The lowest BCUT2D eigenvalue weighted by atomic mass is 10.3. The second kappa shape index (κ2) is 4.84. The highest BCUT2D eigenvalue weighted by molar-refractivity contribution is 7.80. The van der Waals surface area contributed by atoms with Crippen LogP contribution in [0.4, 0.5) is 4.39 Å². The molecule has 2 N–H and O–H groups in total. The Hall–Kier alpha value is -2.08. The van der Waals surface area contributed by atoms with E-state index in [-0.39, 0.29) is 11.0 Å². The Morgan fingerprint density at radius 1 is 1.35 bits per heavy atom. The van der Waals surface area contributed by atoms with Gasteiger partial charge in [0.2, 0.25) is 0 Å². The maximum atomic E-state index is 12.9. The third kappa shape index (κ3) is 2.94. The van der Waals surface area contributed by atoms with Crippen LogP contribution in [0.3, 0.4) is 0 Å². The summed E-state index contributed by atoms with van der Waals surface area (Å²) in [6.45, 7) is 0. The van der Waals surface area contributed by atoms with Gasteiger partial charge in [-0.2, -0.15) is 4.98 Å². The van der Waals surface area contributed by atoms with Crippen molar-refractivity contribution >= 4 is 17.2 Å². The van der Waals surface area contributed by atoms with E-state index >= 15 is 0 Å². The van der Waals surface area contributed by atoms with Gasteiger partial charge in [-0.05, 0) is 18.2 Å². The molecule has 0 amide bonds. The lowest BCUT2D eigenvalue weighted by molar-refractivity contribution is 0.437. The van der Waals surface area contributed by atoms with Gasteiger partial charge in [-0.3, -0.25) is 0 Å². The van der Waals surface area contributed by atoms with E-state index in [4.69, 9.17) is 22.7 Å². The fourth-order valence-corrected chi connectivity index (χ4v) is 1.28. The molecule has 0 atom stereocenters. The lowest BCUT2D eigenvalue weighted by Gasteiger charge is -2.04. The Balaban J connectivity index is 2.24. The first kappa shape index (κ1) is 11.4. The second-order valence-electron chi connectivity index (χ2n) is 3.15. The summed E-state index contributed by atoms with van der Waals surface area (Å²) in [5.41, 5.74) is 5.83. The number of ether oxygens (including phenoxy) is 1. The first-order chi connectivity index (χ1) is 8.15. The van der Waals surface area contributed by atoms with Crippen LogP contribution in [-0.2, 0) is 0 Å². The van der Waals surface area contributed by atoms with Gasteiger partial charge in [-0.1, -0.05) is 18.3 Å². The van der Waals surface area contributed by atoms with E-state index in [1.165, 1.54) is 24.4 Å². The molecule has 0 aliphatic rings. The van der Waals surface area contributed by atoms with Crippen LogP contribution < -0.4 is 10.5 Å². The monoisotopic (exact) mass is 249 g/mol. The van der Waals surface area contributed by atoms with Crippen molar-refractivity contribution in [3.8, 4) is 11.8 Å². The molecule has 0 radical (unpaired) electrons. The van der Waals surface area contributed by atoms with Crippen LogP contribution in [0.1, 0.15) is 5.69 Å². The minimum atomic E-state index is -0.395. The third-order valence-electron chi connectivity index (χ3n) is 1.89. The Labute approximate surface area is 102 Å². The van der Waals surface area contributed by atoms with Gasteiger partial charge in [0, 0.05) is 12.3 Å². The minimum absolute atomic E-state index is 0.0703. The molecule has 2 rings (SSSR count). The number of hydrogen-bond donors (Lipinski definition) is 1. The molecular weight excluding hydrogens is 241 g/mol. The third-order valence-corrected chi connectivity index (χ3v) is 2.10. The summed E-state index contributed by atoms with van der Waals surface area (Å²) in [7, 11) is 0. The van der Waals surface area contributed by atoms with Crippen molar-refractivity contribution in [3.63, 3.8) is 0 Å². The number of nitrogens with two attached hydrogens (primary N) is 1. The summed E-state index contributed by atoms with van der Waals surface area (Å²) in [5, 5.41) is 0. The van der Waals surface area contributed by atoms with Crippen LogP contribution in [0.25, 0.3) is 0 Å². The van der Waals surface area contributed by atoms with E-state index in [0.29, 0.717) is 11.4 Å². The van der Waals surface area contributed by atoms with Gasteiger partial charge < -0.3 is 10.5 Å². The number of thiocarbonyl (C=S) groups is 1. The summed E-state index contributed by atoms with van der Waals surface area (Å²) in [6.07, 6.45) is 1.47. The van der Waals surface area contributed by atoms with E-state index in [1.807, 2.05) is 0 Å². The molecule has 17 heavy (non-hydrogen) atoms. The number of aromatic nitrogens is 2. The second-order valence-corrected chi connectivity index (χ2v) is 3.59. The predicted octanol–water partition coefficient (Wildman–Crippen LogP) is 2.04. The zero-order valence-electron chi connectivity index (χ0n) is 8.63. The van der Waals surface area contributed by atoms with E-state index in [0.717, 1.165) is 0 Å². The summed E-state index contributed by atoms with van der Waals surface area (Å²) < 4.78 is 18.2. The quantitative estimate of drug-likeness (QED) is 0.843. The fourth-order valence-electron chi connectivity index (χ4n) is 1.16. The van der Waals surface area contributed by atoms with E-state index < -0.39 is 5.82 Å². The molecule has 0 saturated heterocycles. The molecule has 2 aromatic rings. The number of hydrogen-bond acceptors (Lipinski definition) is 4. The molecule has 4 nitrogen and oxygen atoms in total. The Morgan fingerprint density at radius 3 is 2.88 bits per heavy atom. The molecule has 6 heteroatoms. The molecule has 0 spiro atoms. The molecule has 0 aliphatic heterocycles. The summed E-state index contributed by atoms with van der Waals surface area (Å²) in [6, 6.07) is 7.32. The summed E-state index contributed by atoms with van der Waals surface area (Å²) >= 11 is 4.78. The van der Waals surface area contributed by atoms with Gasteiger partial charge in [-0.25, -0.2) is 9.37 Å². The molecule has 1 heterocycles. The maximum absolute atomic E-state index is 12.9. The van der Waals surface area contributed by atoms with Gasteiger partial charge in [0.05, 0.1) is 0 Å². The van der Waals surface area contributed by atoms with Crippen molar-refractivity contribution in [2.45, 2.75) is 0 Å². The molecule has 1 aromatic carbocycles.